The molecule has 0 saturated heterocycles. The lowest BCUT2D eigenvalue weighted by atomic mass is 9.75. The lowest BCUT2D eigenvalue weighted by molar-refractivity contribution is -0.0239. The van der Waals surface area contributed by atoms with Crippen molar-refractivity contribution >= 4 is 11.9 Å². The Morgan fingerprint density at radius 1 is 0.562 bits per heavy atom. The highest BCUT2D eigenvalue weighted by molar-refractivity contribution is 5.90. The molecule has 0 spiro atoms. The van der Waals surface area contributed by atoms with E-state index in [0.717, 1.165) is 48.0 Å². The van der Waals surface area contributed by atoms with E-state index in [4.69, 9.17) is 18.9 Å². The Labute approximate surface area is 290 Å². The van der Waals surface area contributed by atoms with Crippen molar-refractivity contribution in [3.8, 4) is 11.5 Å². The molecule has 2 aromatic carbocycles. The molecule has 2 aliphatic carbocycles. The van der Waals surface area contributed by atoms with Crippen LogP contribution >= 0.6 is 0 Å². The third-order valence-corrected chi connectivity index (χ3v) is 10.9. The molecule has 0 aliphatic heterocycles. The van der Waals surface area contributed by atoms with E-state index in [0.29, 0.717) is 24.3 Å². The zero-order valence-electron chi connectivity index (χ0n) is 30.3. The molecule has 6 heteroatoms. The molecular weight excluding hydrogens is 600 g/mol. The summed E-state index contributed by atoms with van der Waals surface area (Å²) in [5.41, 5.74) is 0.875. The summed E-state index contributed by atoms with van der Waals surface area (Å²) in [5.74, 6) is 4.06. The van der Waals surface area contributed by atoms with Crippen molar-refractivity contribution in [3.63, 3.8) is 0 Å². The van der Waals surface area contributed by atoms with Gasteiger partial charge in [0.2, 0.25) is 0 Å². The second-order valence-corrected chi connectivity index (χ2v) is 14.4. The maximum absolute atomic E-state index is 12.8. The van der Waals surface area contributed by atoms with Crippen LogP contribution in [0.5, 0.6) is 11.5 Å². The Kier molecular flexibility index (Phi) is 16.1. The lowest BCUT2D eigenvalue weighted by Gasteiger charge is -2.31. The van der Waals surface area contributed by atoms with Crippen molar-refractivity contribution < 1.29 is 28.5 Å². The van der Waals surface area contributed by atoms with Crippen molar-refractivity contribution in [1.29, 1.82) is 0 Å². The highest BCUT2D eigenvalue weighted by Crippen LogP contribution is 2.37. The summed E-state index contributed by atoms with van der Waals surface area (Å²) in [4.78, 5) is 25.6. The first kappa shape index (κ1) is 37.8. The molecule has 6 nitrogen and oxygen atoms in total. The Balaban J connectivity index is 1.12. The van der Waals surface area contributed by atoms with Crippen LogP contribution in [-0.2, 0) is 9.47 Å². The molecule has 0 radical (unpaired) electrons. The molecule has 2 saturated carbocycles. The minimum atomic E-state index is -0.614. The molecule has 6 atom stereocenters. The SMILES string of the molecule is CCCC1CCCCC1CCCOc1ccc(C(=O)O[C@H](C)[C@@H](C)OC(=O)c2ccc(OCCCC3CCCCC3CCC)cc2)cc1. The lowest BCUT2D eigenvalue weighted by Crippen LogP contribution is -2.30. The number of hydrogen-bond donors (Lipinski definition) is 0. The first-order valence-corrected chi connectivity index (χ1v) is 19.3. The van der Waals surface area contributed by atoms with Gasteiger partial charge >= 0.3 is 11.9 Å². The Bertz CT molecular complexity index is 1110. The molecule has 0 N–H and O–H groups in total. The van der Waals surface area contributed by atoms with Crippen LogP contribution in [0.2, 0.25) is 0 Å². The average Bonchev–Trinajstić information content (AvgIpc) is 3.10. The number of benzene rings is 2. The maximum atomic E-state index is 12.8. The molecular formula is C42H62O6. The first-order valence-electron chi connectivity index (χ1n) is 19.3. The molecule has 2 aromatic rings. The van der Waals surface area contributed by atoms with Gasteiger partial charge in [-0.1, -0.05) is 90.9 Å². The molecule has 48 heavy (non-hydrogen) atoms. The van der Waals surface area contributed by atoms with E-state index in [1.165, 1.54) is 89.9 Å². The van der Waals surface area contributed by atoms with E-state index in [2.05, 4.69) is 13.8 Å². The Morgan fingerprint density at radius 3 is 1.23 bits per heavy atom. The van der Waals surface area contributed by atoms with Crippen molar-refractivity contribution in [2.75, 3.05) is 13.2 Å². The molecule has 0 amide bonds. The normalized spacial score (nSPS) is 22.3. The second kappa shape index (κ2) is 20.5. The fourth-order valence-corrected chi connectivity index (χ4v) is 7.94. The first-order chi connectivity index (χ1) is 23.4. The van der Waals surface area contributed by atoms with Crippen molar-refractivity contribution in [2.45, 2.75) is 143 Å². The number of carbonyl (C=O) groups excluding carboxylic acids is 2. The molecule has 266 valence electrons. The quantitative estimate of drug-likeness (QED) is 0.110. The van der Waals surface area contributed by atoms with Crippen LogP contribution in [0.4, 0.5) is 0 Å². The van der Waals surface area contributed by atoms with Gasteiger partial charge < -0.3 is 18.9 Å². The molecule has 0 heterocycles. The molecule has 4 rings (SSSR count). The van der Waals surface area contributed by atoms with Gasteiger partial charge in [-0.15, -0.1) is 0 Å². The molecule has 4 unspecified atom stereocenters. The minimum absolute atomic E-state index is 0.437. The topological polar surface area (TPSA) is 71.1 Å². The van der Waals surface area contributed by atoms with Crippen LogP contribution in [0.25, 0.3) is 0 Å². The van der Waals surface area contributed by atoms with Crippen LogP contribution in [0.1, 0.15) is 151 Å². The minimum Gasteiger partial charge on any atom is -0.494 e. The average molecular weight is 663 g/mol. The van der Waals surface area contributed by atoms with Gasteiger partial charge in [0.05, 0.1) is 24.3 Å². The molecule has 2 fully saturated rings. The summed E-state index contributed by atoms with van der Waals surface area (Å²) < 4.78 is 23.2. The number of ether oxygens (including phenoxy) is 4. The third-order valence-electron chi connectivity index (χ3n) is 10.9. The van der Waals surface area contributed by atoms with E-state index in [-0.39, 0.29) is 0 Å². The fraction of sp³-hybridized carbons (Fsp3) is 0.667. The maximum Gasteiger partial charge on any atom is 0.338 e. The molecule has 0 aromatic heterocycles. The summed E-state index contributed by atoms with van der Waals surface area (Å²) in [6.45, 7) is 9.44. The second-order valence-electron chi connectivity index (χ2n) is 14.4. The number of hydrogen-bond acceptors (Lipinski definition) is 6. The van der Waals surface area contributed by atoms with Crippen LogP contribution in [-0.4, -0.2) is 37.4 Å². The molecule has 0 bridgehead atoms. The number of carbonyl (C=O) groups is 2. The largest absolute Gasteiger partial charge is 0.494 e. The van der Waals surface area contributed by atoms with E-state index in [1.54, 1.807) is 38.1 Å². The van der Waals surface area contributed by atoms with E-state index >= 15 is 0 Å². The molecule has 2 aliphatic rings. The number of rotatable bonds is 19. The van der Waals surface area contributed by atoms with E-state index in [9.17, 15) is 9.59 Å². The summed E-state index contributed by atoms with van der Waals surface area (Å²) in [7, 11) is 0. The predicted octanol–water partition coefficient (Wildman–Crippen LogP) is 11.0. The van der Waals surface area contributed by atoms with Gasteiger partial charge in [0, 0.05) is 0 Å². The Hall–Kier alpha value is -3.02. The predicted molar refractivity (Wildman–Crippen MR) is 193 cm³/mol. The van der Waals surface area contributed by atoms with Crippen LogP contribution < -0.4 is 9.47 Å². The summed E-state index contributed by atoms with van der Waals surface area (Å²) in [6, 6.07) is 14.2. The monoisotopic (exact) mass is 662 g/mol. The van der Waals surface area contributed by atoms with Gasteiger partial charge in [0.25, 0.3) is 0 Å². The van der Waals surface area contributed by atoms with Crippen LogP contribution in [0.15, 0.2) is 48.5 Å². The summed E-state index contributed by atoms with van der Waals surface area (Å²) >= 11 is 0. The van der Waals surface area contributed by atoms with Gasteiger partial charge in [-0.3, -0.25) is 0 Å². The van der Waals surface area contributed by atoms with Gasteiger partial charge in [-0.2, -0.15) is 0 Å². The third kappa shape index (κ3) is 12.1. The van der Waals surface area contributed by atoms with Gasteiger partial charge in [0.15, 0.2) is 0 Å². The smallest absolute Gasteiger partial charge is 0.338 e. The highest BCUT2D eigenvalue weighted by atomic mass is 16.6. The fourth-order valence-electron chi connectivity index (χ4n) is 7.94. The highest BCUT2D eigenvalue weighted by Gasteiger charge is 2.25. The Morgan fingerprint density at radius 2 is 0.896 bits per heavy atom. The standard InChI is InChI=1S/C42H62O6/c1-5-13-33-15-7-9-17-35(33)19-11-29-45-39-25-21-37(22-26-39)41(43)47-31(3)32(4)48-42(44)38-23-27-40(28-24-38)46-30-12-20-36-18-10-8-16-34(36)14-6-2/h21-28,31-36H,5-20,29-30H2,1-4H3/t31-,32-,33?,34?,35?,36?/m1/s1. The number of esters is 2. The van der Waals surface area contributed by atoms with E-state index < -0.39 is 24.1 Å². The van der Waals surface area contributed by atoms with Crippen LogP contribution in [0.3, 0.4) is 0 Å². The summed E-state index contributed by atoms with van der Waals surface area (Å²) in [6.07, 6.45) is 19.6. The van der Waals surface area contributed by atoms with Gasteiger partial charge in [-0.25, -0.2) is 9.59 Å². The van der Waals surface area contributed by atoms with Crippen molar-refractivity contribution in [2.24, 2.45) is 23.7 Å². The van der Waals surface area contributed by atoms with E-state index in [1.807, 2.05) is 24.3 Å². The van der Waals surface area contributed by atoms with Crippen molar-refractivity contribution in [3.05, 3.63) is 59.7 Å². The zero-order chi connectivity index (χ0) is 34.1. The van der Waals surface area contributed by atoms with Crippen LogP contribution in [0, 0.1) is 23.7 Å². The van der Waals surface area contributed by atoms with Crippen molar-refractivity contribution in [1.82, 2.24) is 0 Å². The van der Waals surface area contributed by atoms with Gasteiger partial charge in [-0.05, 0) is 112 Å². The summed E-state index contributed by atoms with van der Waals surface area (Å²) in [5, 5.41) is 0. The zero-order valence-corrected chi connectivity index (χ0v) is 30.3. The van der Waals surface area contributed by atoms with Gasteiger partial charge in [0.1, 0.15) is 23.7 Å².